The van der Waals surface area contributed by atoms with Crippen molar-refractivity contribution >= 4 is 23.8 Å². The number of carbonyl (C=O) groups is 1. The highest BCUT2D eigenvalue weighted by Crippen LogP contribution is 2.06. The Labute approximate surface area is 91.2 Å². The van der Waals surface area contributed by atoms with E-state index < -0.39 is 12.2 Å². The minimum Gasteiger partial charge on any atom is -0.466 e. The number of nitrogens with zero attached hydrogens (tertiary/aromatic N) is 3. The third kappa shape index (κ3) is 2.92. The molecule has 0 saturated heterocycles. The van der Waals surface area contributed by atoms with E-state index in [1.165, 1.54) is 14.2 Å². The summed E-state index contributed by atoms with van der Waals surface area (Å²) >= 11 is 0. The quantitative estimate of drug-likeness (QED) is 0.419. The van der Waals surface area contributed by atoms with E-state index in [2.05, 4.69) is 25.0 Å². The van der Waals surface area contributed by atoms with Crippen molar-refractivity contribution in [3.8, 4) is 0 Å². The van der Waals surface area contributed by atoms with Crippen molar-refractivity contribution < 1.29 is 14.3 Å². The van der Waals surface area contributed by atoms with Crippen LogP contribution in [0.1, 0.15) is 0 Å². The summed E-state index contributed by atoms with van der Waals surface area (Å²) in [7, 11) is 2.55. The summed E-state index contributed by atoms with van der Waals surface area (Å²) in [6, 6.07) is 0. The van der Waals surface area contributed by atoms with Crippen molar-refractivity contribution in [2.75, 3.05) is 31.0 Å². The number of rotatable bonds is 4. The Balaban J connectivity index is 2.81. The van der Waals surface area contributed by atoms with Crippen molar-refractivity contribution in [3.05, 3.63) is 0 Å². The lowest BCUT2D eigenvalue weighted by Crippen LogP contribution is -2.33. The van der Waals surface area contributed by atoms with Crippen LogP contribution in [0.15, 0.2) is 0 Å². The minimum atomic E-state index is -1.04. The van der Waals surface area contributed by atoms with E-state index in [0.29, 0.717) is 0 Å². The number of esters is 1. The third-order valence-electron chi connectivity index (χ3n) is 1.58. The van der Waals surface area contributed by atoms with E-state index in [-0.39, 0.29) is 17.8 Å². The zero-order valence-corrected chi connectivity index (χ0v) is 8.80. The van der Waals surface area contributed by atoms with Gasteiger partial charge in [0, 0.05) is 7.11 Å². The number of anilines is 3. The number of methoxy groups -OCH3 is 2. The minimum absolute atomic E-state index is 0.0299. The molecule has 5 N–H and O–H groups in total. The summed E-state index contributed by atoms with van der Waals surface area (Å²) in [5.74, 6) is -0.716. The lowest BCUT2D eigenvalue weighted by Gasteiger charge is -2.14. The molecule has 9 nitrogen and oxygen atoms in total. The Morgan fingerprint density at radius 3 is 2.25 bits per heavy atom. The van der Waals surface area contributed by atoms with E-state index in [1.54, 1.807) is 0 Å². The highest BCUT2D eigenvalue weighted by Gasteiger charge is 2.19. The van der Waals surface area contributed by atoms with Crippen LogP contribution in [0.25, 0.3) is 0 Å². The van der Waals surface area contributed by atoms with Crippen LogP contribution in [0.3, 0.4) is 0 Å². The van der Waals surface area contributed by atoms with Crippen LogP contribution < -0.4 is 16.8 Å². The second kappa shape index (κ2) is 5.07. The van der Waals surface area contributed by atoms with E-state index in [4.69, 9.17) is 16.2 Å². The van der Waals surface area contributed by atoms with E-state index in [1.807, 2.05) is 0 Å². The largest absolute Gasteiger partial charge is 0.466 e. The van der Waals surface area contributed by atoms with Crippen LogP contribution in [0.2, 0.25) is 0 Å². The maximum absolute atomic E-state index is 11.2. The van der Waals surface area contributed by atoms with Crippen molar-refractivity contribution in [1.82, 2.24) is 15.0 Å². The molecule has 0 aromatic carbocycles. The van der Waals surface area contributed by atoms with Gasteiger partial charge in [0.15, 0.2) is 0 Å². The summed E-state index contributed by atoms with van der Waals surface area (Å²) in [6.45, 7) is 0. The number of hydrogen-bond acceptors (Lipinski definition) is 9. The van der Waals surface area contributed by atoms with Crippen LogP contribution in [0.4, 0.5) is 17.8 Å². The average molecular weight is 228 g/mol. The molecule has 1 heterocycles. The molecule has 0 spiro atoms. The predicted octanol–water partition coefficient (Wildman–Crippen LogP) is -1.41. The van der Waals surface area contributed by atoms with Gasteiger partial charge in [0.1, 0.15) is 0 Å². The van der Waals surface area contributed by atoms with Crippen molar-refractivity contribution in [2.24, 2.45) is 0 Å². The van der Waals surface area contributed by atoms with Crippen molar-refractivity contribution in [3.63, 3.8) is 0 Å². The molecule has 0 aliphatic rings. The first-order valence-electron chi connectivity index (χ1n) is 4.21. The van der Waals surface area contributed by atoms with Crippen molar-refractivity contribution in [1.29, 1.82) is 0 Å². The van der Waals surface area contributed by atoms with Crippen LogP contribution in [-0.2, 0) is 14.3 Å². The fourth-order valence-electron chi connectivity index (χ4n) is 0.912. The molecular formula is C7H12N6O3. The highest BCUT2D eigenvalue weighted by molar-refractivity contribution is 5.76. The Kier molecular flexibility index (Phi) is 3.78. The number of carbonyl (C=O) groups excluding carboxylic acids is 1. The summed E-state index contributed by atoms with van der Waals surface area (Å²) in [4.78, 5) is 22.2. The summed E-state index contributed by atoms with van der Waals surface area (Å²) < 4.78 is 9.29. The zero-order valence-electron chi connectivity index (χ0n) is 8.80. The molecular weight excluding hydrogens is 216 g/mol. The lowest BCUT2D eigenvalue weighted by molar-refractivity contribution is -0.150. The van der Waals surface area contributed by atoms with Gasteiger partial charge in [0.05, 0.1) is 7.11 Å². The second-order valence-corrected chi connectivity index (χ2v) is 2.66. The smallest absolute Gasteiger partial charge is 0.356 e. The van der Waals surface area contributed by atoms with Crippen LogP contribution in [-0.4, -0.2) is 41.4 Å². The van der Waals surface area contributed by atoms with Gasteiger partial charge in [-0.25, -0.2) is 4.79 Å². The van der Waals surface area contributed by atoms with Gasteiger partial charge in [-0.2, -0.15) is 15.0 Å². The maximum Gasteiger partial charge on any atom is 0.356 e. The molecule has 1 unspecified atom stereocenters. The van der Waals surface area contributed by atoms with Gasteiger partial charge in [-0.05, 0) is 0 Å². The summed E-state index contributed by atoms with van der Waals surface area (Å²) in [5.41, 5.74) is 10.7. The first-order chi connectivity index (χ1) is 7.56. The Morgan fingerprint density at radius 2 is 1.81 bits per heavy atom. The first-order valence-corrected chi connectivity index (χ1v) is 4.21. The van der Waals surface area contributed by atoms with Gasteiger partial charge < -0.3 is 26.3 Å². The molecule has 1 atom stereocenters. The molecule has 16 heavy (non-hydrogen) atoms. The zero-order chi connectivity index (χ0) is 12.1. The monoisotopic (exact) mass is 228 g/mol. The molecule has 0 fully saturated rings. The predicted molar refractivity (Wildman–Crippen MR) is 55.1 cm³/mol. The van der Waals surface area contributed by atoms with Gasteiger partial charge in [0.2, 0.25) is 24.1 Å². The number of hydrogen-bond donors (Lipinski definition) is 3. The standard InChI is InChI=1S/C7H12N6O3/c1-15-3(4(14)16-2)10-7-12-5(8)11-6(9)13-7/h3H,1-2H3,(H5,8,9,10,11,12,13). The molecule has 0 radical (unpaired) electrons. The molecule has 0 aliphatic carbocycles. The summed E-state index contributed by atoms with van der Waals surface area (Å²) in [6.07, 6.45) is -1.04. The molecule has 1 rings (SSSR count). The molecule has 0 amide bonds. The molecule has 9 heteroatoms. The van der Waals surface area contributed by atoms with Crippen LogP contribution in [0.5, 0.6) is 0 Å². The van der Waals surface area contributed by atoms with Gasteiger partial charge in [-0.3, -0.25) is 0 Å². The first kappa shape index (κ1) is 11.9. The normalized spacial score (nSPS) is 11.9. The molecule has 1 aromatic rings. The van der Waals surface area contributed by atoms with Crippen LogP contribution >= 0.6 is 0 Å². The van der Waals surface area contributed by atoms with Gasteiger partial charge >= 0.3 is 5.97 Å². The van der Waals surface area contributed by atoms with Gasteiger partial charge in [-0.15, -0.1) is 0 Å². The molecule has 0 aliphatic heterocycles. The fraction of sp³-hybridized carbons (Fsp3) is 0.429. The maximum atomic E-state index is 11.2. The second-order valence-electron chi connectivity index (χ2n) is 2.66. The molecule has 0 bridgehead atoms. The lowest BCUT2D eigenvalue weighted by atomic mass is 10.5. The Hall–Kier alpha value is -2.16. The van der Waals surface area contributed by atoms with E-state index in [0.717, 1.165) is 0 Å². The topological polar surface area (TPSA) is 138 Å². The highest BCUT2D eigenvalue weighted by atomic mass is 16.6. The molecule has 88 valence electrons. The molecule has 0 saturated carbocycles. The average Bonchev–Trinajstić information content (AvgIpc) is 2.23. The number of ether oxygens (including phenoxy) is 2. The number of aromatic nitrogens is 3. The number of nitrogens with two attached hydrogens (primary N) is 2. The summed E-state index contributed by atoms with van der Waals surface area (Å²) in [5, 5.41) is 2.54. The molecule has 1 aromatic heterocycles. The Bertz CT molecular complexity index is 364. The number of nitrogen functional groups attached to an aromatic ring is 2. The van der Waals surface area contributed by atoms with Crippen LogP contribution in [0, 0.1) is 0 Å². The Morgan fingerprint density at radius 1 is 1.25 bits per heavy atom. The van der Waals surface area contributed by atoms with E-state index >= 15 is 0 Å². The van der Waals surface area contributed by atoms with Gasteiger partial charge in [0.25, 0.3) is 0 Å². The van der Waals surface area contributed by atoms with Gasteiger partial charge in [-0.1, -0.05) is 0 Å². The van der Waals surface area contributed by atoms with E-state index in [9.17, 15) is 4.79 Å². The number of nitrogens with one attached hydrogen (secondary N) is 1. The van der Waals surface area contributed by atoms with Crippen molar-refractivity contribution in [2.45, 2.75) is 6.23 Å². The SMILES string of the molecule is COC(=O)C(Nc1nc(N)nc(N)n1)OC. The third-order valence-corrected chi connectivity index (χ3v) is 1.58. The fourth-order valence-corrected chi connectivity index (χ4v) is 0.912.